The van der Waals surface area contributed by atoms with Crippen molar-refractivity contribution in [2.45, 2.75) is 32.5 Å². The maximum Gasteiger partial charge on any atom is 0.573 e. The van der Waals surface area contributed by atoms with E-state index in [0.717, 1.165) is 45.2 Å². The summed E-state index contributed by atoms with van der Waals surface area (Å²) >= 11 is 7.47. The van der Waals surface area contributed by atoms with Crippen LogP contribution >= 0.6 is 34.8 Å². The van der Waals surface area contributed by atoms with Crippen molar-refractivity contribution in [3.8, 4) is 22.8 Å². The third-order valence-corrected chi connectivity index (χ3v) is 6.76. The van der Waals surface area contributed by atoms with E-state index in [2.05, 4.69) is 53.4 Å². The van der Waals surface area contributed by atoms with E-state index in [4.69, 9.17) is 12.2 Å². The topological polar surface area (TPSA) is 93.1 Å². The molecule has 0 aliphatic heterocycles. The summed E-state index contributed by atoms with van der Waals surface area (Å²) in [6.07, 6.45) is -0.729. The number of alkyl halides is 3. The number of thiocarbonyl (C=S) groups is 1. The van der Waals surface area contributed by atoms with E-state index < -0.39 is 6.36 Å². The largest absolute Gasteiger partial charge is 0.573 e. The molecule has 4 rings (SSSR count). The van der Waals surface area contributed by atoms with Gasteiger partial charge in [-0.25, -0.2) is 14.5 Å². The number of halogens is 4. The van der Waals surface area contributed by atoms with Crippen molar-refractivity contribution in [3.63, 3.8) is 0 Å². The molecule has 0 atom stereocenters. The van der Waals surface area contributed by atoms with Gasteiger partial charge >= 0.3 is 12.4 Å². The average Bonchev–Trinajstić information content (AvgIpc) is 3.40. The number of nitrogens with one attached hydrogen (secondary N) is 3. The molecular formula is C28H26F3IN6O2S. The summed E-state index contributed by atoms with van der Waals surface area (Å²) in [6.45, 7) is 2.48. The Morgan fingerprint density at radius 2 is 1.78 bits per heavy atom. The number of anilines is 1. The van der Waals surface area contributed by atoms with Crippen LogP contribution in [0.15, 0.2) is 73.1 Å². The summed E-state index contributed by atoms with van der Waals surface area (Å²) in [4.78, 5) is 16.4. The molecule has 0 radical (unpaired) electrons. The van der Waals surface area contributed by atoms with Crippen LogP contribution in [0.4, 0.5) is 23.7 Å². The highest BCUT2D eigenvalue weighted by Gasteiger charge is 2.31. The molecule has 1 heterocycles. The van der Waals surface area contributed by atoms with Gasteiger partial charge in [0.15, 0.2) is 10.9 Å². The lowest BCUT2D eigenvalue weighted by molar-refractivity contribution is -0.274. The van der Waals surface area contributed by atoms with Crippen LogP contribution in [0.2, 0.25) is 0 Å². The molecule has 0 spiro atoms. The lowest BCUT2D eigenvalue weighted by atomic mass is 10.1. The van der Waals surface area contributed by atoms with Crippen molar-refractivity contribution in [2.75, 3.05) is 11.9 Å². The predicted molar refractivity (Wildman–Crippen MR) is 163 cm³/mol. The first-order valence-corrected chi connectivity index (χ1v) is 14.0. The van der Waals surface area contributed by atoms with E-state index >= 15 is 0 Å². The van der Waals surface area contributed by atoms with Crippen molar-refractivity contribution in [1.82, 2.24) is 25.4 Å². The molecule has 8 nitrogen and oxygen atoms in total. The number of nitrogens with zero attached hydrogens (tertiary/aromatic N) is 3. The van der Waals surface area contributed by atoms with Gasteiger partial charge < -0.3 is 15.4 Å². The van der Waals surface area contributed by atoms with Gasteiger partial charge in [0.1, 0.15) is 12.1 Å². The molecule has 3 aromatic carbocycles. The van der Waals surface area contributed by atoms with Crippen molar-refractivity contribution < 1.29 is 22.7 Å². The van der Waals surface area contributed by atoms with Gasteiger partial charge in [-0.2, -0.15) is 0 Å². The summed E-state index contributed by atoms with van der Waals surface area (Å²) < 4.78 is 43.6. The number of rotatable bonds is 9. The molecule has 0 aliphatic rings. The number of aryl methyl sites for hydroxylation is 2. The molecule has 1 aromatic heterocycles. The molecule has 0 bridgehead atoms. The second kappa shape index (κ2) is 13.8. The molecule has 0 unspecified atom stereocenters. The lowest BCUT2D eigenvalue weighted by Gasteiger charge is -2.12. The molecule has 41 heavy (non-hydrogen) atoms. The van der Waals surface area contributed by atoms with E-state index in [1.807, 2.05) is 49.4 Å². The maximum atomic E-state index is 12.4. The molecule has 4 aromatic rings. The van der Waals surface area contributed by atoms with Gasteiger partial charge in [0, 0.05) is 21.4 Å². The summed E-state index contributed by atoms with van der Waals surface area (Å²) in [7, 11) is 0. The standard InChI is InChI=1S/C28H26F3IN6O2S/c1-18-16-21(32)9-14-24(18)35-27(41)36-26(39)33-15-3-2-4-19-5-7-20(8-6-19)25-34-17-38(37-25)22-10-12-23(13-11-22)40-28(29,30)31/h5-14,16-17H,2-4,15H2,1H3,(H3,33,35,36,39,41). The molecule has 0 fully saturated rings. The van der Waals surface area contributed by atoms with Crippen LogP contribution < -0.4 is 20.7 Å². The highest BCUT2D eigenvalue weighted by Crippen LogP contribution is 2.24. The first-order chi connectivity index (χ1) is 19.6. The molecule has 3 N–H and O–H groups in total. The van der Waals surface area contributed by atoms with Crippen molar-refractivity contribution in [2.24, 2.45) is 0 Å². The van der Waals surface area contributed by atoms with E-state index in [1.165, 1.54) is 35.3 Å². The Balaban J connectivity index is 1.18. The normalized spacial score (nSPS) is 11.1. The predicted octanol–water partition coefficient (Wildman–Crippen LogP) is 6.76. The third kappa shape index (κ3) is 9.42. The van der Waals surface area contributed by atoms with Gasteiger partial charge in [-0.1, -0.05) is 24.3 Å². The number of amides is 2. The van der Waals surface area contributed by atoms with E-state index in [1.54, 1.807) is 0 Å². The van der Waals surface area contributed by atoms with Gasteiger partial charge in [0.2, 0.25) is 0 Å². The van der Waals surface area contributed by atoms with Crippen LogP contribution in [0.25, 0.3) is 17.1 Å². The van der Waals surface area contributed by atoms with E-state index in [0.29, 0.717) is 18.1 Å². The second-order valence-electron chi connectivity index (χ2n) is 9.00. The van der Waals surface area contributed by atoms with Gasteiger partial charge in [-0.3, -0.25) is 5.32 Å². The minimum absolute atomic E-state index is 0.236. The number of carbonyl (C=O) groups excluding carboxylic acids is 1. The quantitative estimate of drug-likeness (QED) is 0.102. The molecule has 0 aliphatic carbocycles. The Labute approximate surface area is 253 Å². The van der Waals surface area contributed by atoms with Crippen molar-refractivity contribution in [3.05, 3.63) is 87.8 Å². The zero-order valence-corrected chi connectivity index (χ0v) is 24.8. The maximum absolute atomic E-state index is 12.4. The zero-order valence-electron chi connectivity index (χ0n) is 21.8. The van der Waals surface area contributed by atoms with Crippen LogP contribution in [-0.2, 0) is 6.42 Å². The number of carbonyl (C=O) groups is 1. The fraction of sp³-hybridized carbons (Fsp3) is 0.214. The highest BCUT2D eigenvalue weighted by molar-refractivity contribution is 14.1. The van der Waals surface area contributed by atoms with Crippen molar-refractivity contribution in [1.29, 1.82) is 0 Å². The third-order valence-electron chi connectivity index (χ3n) is 5.88. The summed E-state index contributed by atoms with van der Waals surface area (Å²) in [5, 5.41) is 13.1. The number of aromatic nitrogens is 3. The summed E-state index contributed by atoms with van der Waals surface area (Å²) in [6, 6.07) is 18.8. The molecule has 0 saturated carbocycles. The smallest absolute Gasteiger partial charge is 0.406 e. The first kappa shape index (κ1) is 30.2. The summed E-state index contributed by atoms with van der Waals surface area (Å²) in [5.41, 5.74) is 4.38. The van der Waals surface area contributed by atoms with Gasteiger partial charge in [0.05, 0.1) is 5.69 Å². The highest BCUT2D eigenvalue weighted by atomic mass is 127. The zero-order chi connectivity index (χ0) is 29.4. The molecular weight excluding hydrogens is 668 g/mol. The lowest BCUT2D eigenvalue weighted by Crippen LogP contribution is -2.42. The number of hydrogen-bond donors (Lipinski definition) is 3. The number of benzene rings is 3. The Kier molecular flexibility index (Phi) is 10.2. The number of unbranched alkanes of at least 4 members (excludes halogenated alkanes) is 1. The second-order valence-corrected chi connectivity index (χ2v) is 10.7. The van der Waals surface area contributed by atoms with Crippen molar-refractivity contribution >= 4 is 51.6 Å². The first-order valence-electron chi connectivity index (χ1n) is 12.5. The number of hydrogen-bond acceptors (Lipinski definition) is 5. The van der Waals surface area contributed by atoms with E-state index in [-0.39, 0.29) is 16.9 Å². The number of ether oxygens (including phenoxy) is 1. The Hall–Kier alpha value is -3.72. The van der Waals surface area contributed by atoms with Gasteiger partial charge in [0.25, 0.3) is 0 Å². The number of urea groups is 1. The minimum atomic E-state index is -4.74. The van der Waals surface area contributed by atoms with Crippen LogP contribution in [-0.4, -0.2) is 38.8 Å². The monoisotopic (exact) mass is 694 g/mol. The molecule has 2 amide bonds. The SMILES string of the molecule is Cc1cc(I)ccc1NC(=S)NC(=O)NCCCCc1ccc(-c2ncn(-c3ccc(OC(F)(F)F)cc3)n2)cc1. The van der Waals surface area contributed by atoms with Gasteiger partial charge in [-0.15, -0.1) is 18.3 Å². The van der Waals surface area contributed by atoms with Crippen LogP contribution in [0.5, 0.6) is 5.75 Å². The Bertz CT molecular complexity index is 1490. The fourth-order valence-corrected chi connectivity index (χ4v) is 4.71. The van der Waals surface area contributed by atoms with Crippen LogP contribution in [0.3, 0.4) is 0 Å². The van der Waals surface area contributed by atoms with Crippen LogP contribution in [0, 0.1) is 10.5 Å². The Morgan fingerprint density at radius 3 is 2.46 bits per heavy atom. The average molecular weight is 695 g/mol. The minimum Gasteiger partial charge on any atom is -0.406 e. The van der Waals surface area contributed by atoms with Crippen LogP contribution in [0.1, 0.15) is 24.0 Å². The molecule has 13 heteroatoms. The molecule has 0 saturated heterocycles. The van der Waals surface area contributed by atoms with Gasteiger partial charge in [-0.05, 0) is 115 Å². The molecule has 214 valence electrons. The van der Waals surface area contributed by atoms with E-state index in [9.17, 15) is 18.0 Å². The Morgan fingerprint density at radius 1 is 1.05 bits per heavy atom. The fourth-order valence-electron chi connectivity index (χ4n) is 3.87. The summed E-state index contributed by atoms with van der Waals surface area (Å²) in [5.74, 6) is 0.188.